The summed E-state index contributed by atoms with van der Waals surface area (Å²) < 4.78 is 29.0. The van der Waals surface area contributed by atoms with Crippen LogP contribution in [-0.4, -0.2) is 33.6 Å². The fourth-order valence-corrected chi connectivity index (χ4v) is 5.05. The molecule has 0 saturated heterocycles. The van der Waals surface area contributed by atoms with Gasteiger partial charge in [-0.3, -0.25) is 9.47 Å². The van der Waals surface area contributed by atoms with E-state index in [0.717, 1.165) is 34.8 Å². The second kappa shape index (κ2) is 11.9. The molecule has 1 aliphatic heterocycles. The number of fused-ring (bicyclic) bond motifs is 3. The van der Waals surface area contributed by atoms with E-state index in [1.807, 2.05) is 24.3 Å². The van der Waals surface area contributed by atoms with E-state index in [-0.39, 0.29) is 18.4 Å². The van der Waals surface area contributed by atoms with Crippen LogP contribution in [0.15, 0.2) is 65.4 Å². The van der Waals surface area contributed by atoms with Crippen molar-refractivity contribution in [3.8, 4) is 6.07 Å². The Balaban J connectivity index is 0.00000336. The van der Waals surface area contributed by atoms with Crippen molar-refractivity contribution >= 4 is 51.3 Å². The molecule has 10 heteroatoms. The molecule has 0 atom stereocenters. The van der Waals surface area contributed by atoms with Gasteiger partial charge in [-0.2, -0.15) is 5.26 Å². The highest BCUT2D eigenvalue weighted by atomic mass is 79.9. The summed E-state index contributed by atoms with van der Waals surface area (Å²) in [5.41, 5.74) is 4.68. The SMILES string of the molecule is Cl.N#Cc1ccc2c3c(n(C(=O)NCc4ccnc(Br)c4)c2c1)CCN(C/C=C/c1ccc(F)c(F)c1)C3. The standard InChI is InChI=1S/C28H22BrF2N5O.ClH/c29-27-14-20(7-9-33-27)16-34-28(37)36-25-8-11-35(10-1-2-18-4-6-23(30)24(31)12-18)17-22(25)21-5-3-19(15-32)13-26(21)36;/h1-7,9,12-14H,8,10-11,16-17H2,(H,34,37);1H/b2-1+;. The molecule has 0 spiro atoms. The summed E-state index contributed by atoms with van der Waals surface area (Å²) in [5.74, 6) is -1.74. The van der Waals surface area contributed by atoms with Gasteiger partial charge in [0.15, 0.2) is 11.6 Å². The largest absolute Gasteiger partial charge is 0.333 e. The maximum Gasteiger partial charge on any atom is 0.326 e. The van der Waals surface area contributed by atoms with E-state index in [4.69, 9.17) is 0 Å². The minimum atomic E-state index is -0.871. The normalized spacial score (nSPS) is 13.2. The first kappa shape index (κ1) is 27.5. The van der Waals surface area contributed by atoms with Crippen LogP contribution < -0.4 is 5.32 Å². The number of nitriles is 1. The van der Waals surface area contributed by atoms with Gasteiger partial charge in [0.05, 0.1) is 17.1 Å². The van der Waals surface area contributed by atoms with Gasteiger partial charge >= 0.3 is 6.03 Å². The van der Waals surface area contributed by atoms with Gasteiger partial charge in [-0.15, -0.1) is 12.4 Å². The number of hydrogen-bond acceptors (Lipinski definition) is 4. The zero-order valence-electron chi connectivity index (χ0n) is 20.1. The van der Waals surface area contributed by atoms with Gasteiger partial charge < -0.3 is 5.32 Å². The van der Waals surface area contributed by atoms with Crippen molar-refractivity contribution in [3.05, 3.63) is 105 Å². The number of hydrogen-bond donors (Lipinski definition) is 1. The molecule has 0 aliphatic carbocycles. The highest BCUT2D eigenvalue weighted by molar-refractivity contribution is 9.10. The number of benzene rings is 2. The van der Waals surface area contributed by atoms with Crippen molar-refractivity contribution in [2.45, 2.75) is 19.5 Å². The fraction of sp³-hybridized carbons (Fsp3) is 0.179. The monoisotopic (exact) mass is 597 g/mol. The molecule has 38 heavy (non-hydrogen) atoms. The van der Waals surface area contributed by atoms with Gasteiger partial charge in [-0.05, 0) is 69.0 Å². The quantitative estimate of drug-likeness (QED) is 0.278. The summed E-state index contributed by atoms with van der Waals surface area (Å²) in [6, 6.07) is 14.8. The first-order chi connectivity index (χ1) is 17.9. The molecule has 194 valence electrons. The minimum Gasteiger partial charge on any atom is -0.333 e. The average Bonchev–Trinajstić information content (AvgIpc) is 3.22. The maximum absolute atomic E-state index is 13.5. The fourth-order valence-electron chi connectivity index (χ4n) is 4.63. The number of pyridine rings is 1. The molecule has 2 aromatic heterocycles. The number of rotatable bonds is 5. The lowest BCUT2D eigenvalue weighted by Gasteiger charge is -2.27. The Kier molecular flexibility index (Phi) is 8.57. The summed E-state index contributed by atoms with van der Waals surface area (Å²) >= 11 is 3.35. The third-order valence-electron chi connectivity index (χ3n) is 6.41. The molecule has 3 heterocycles. The van der Waals surface area contributed by atoms with E-state index in [0.29, 0.717) is 47.3 Å². The molecule has 0 bridgehead atoms. The summed E-state index contributed by atoms with van der Waals surface area (Å²) in [7, 11) is 0. The lowest BCUT2D eigenvalue weighted by Crippen LogP contribution is -2.34. The van der Waals surface area contributed by atoms with Crippen LogP contribution in [0, 0.1) is 23.0 Å². The molecule has 0 radical (unpaired) electrons. The van der Waals surface area contributed by atoms with Crippen LogP contribution >= 0.6 is 28.3 Å². The molecule has 0 unspecified atom stereocenters. The van der Waals surface area contributed by atoms with E-state index in [2.05, 4.69) is 37.2 Å². The van der Waals surface area contributed by atoms with E-state index in [1.54, 1.807) is 29.0 Å². The van der Waals surface area contributed by atoms with Gasteiger partial charge in [0.2, 0.25) is 0 Å². The molecule has 4 aromatic rings. The van der Waals surface area contributed by atoms with E-state index in [1.165, 1.54) is 12.1 Å². The molecule has 1 amide bonds. The minimum absolute atomic E-state index is 0. The van der Waals surface area contributed by atoms with Crippen molar-refractivity contribution < 1.29 is 13.6 Å². The van der Waals surface area contributed by atoms with Gasteiger partial charge in [0.25, 0.3) is 0 Å². The maximum atomic E-state index is 13.5. The Morgan fingerprint density at radius 1 is 1.16 bits per heavy atom. The second-order valence-electron chi connectivity index (χ2n) is 8.81. The zero-order valence-corrected chi connectivity index (χ0v) is 22.5. The summed E-state index contributed by atoms with van der Waals surface area (Å²) in [6.07, 6.45) is 6.02. The third-order valence-corrected chi connectivity index (χ3v) is 6.85. The lowest BCUT2D eigenvalue weighted by molar-refractivity contribution is 0.240. The van der Waals surface area contributed by atoms with Crippen LogP contribution in [0.5, 0.6) is 0 Å². The molecule has 0 saturated carbocycles. The number of nitrogens with zero attached hydrogens (tertiary/aromatic N) is 4. The predicted octanol–water partition coefficient (Wildman–Crippen LogP) is 6.20. The first-order valence-corrected chi connectivity index (χ1v) is 12.5. The highest BCUT2D eigenvalue weighted by Gasteiger charge is 2.26. The number of amides is 1. The molecular formula is C28H23BrClF2N5O. The number of halogens is 4. The summed E-state index contributed by atoms with van der Waals surface area (Å²) in [4.78, 5) is 19.7. The Morgan fingerprint density at radius 2 is 2.00 bits per heavy atom. The molecule has 5 rings (SSSR count). The Bertz CT molecular complexity index is 1580. The number of carbonyl (C=O) groups excluding carboxylic acids is 1. The topological polar surface area (TPSA) is 74.0 Å². The van der Waals surface area contributed by atoms with Gasteiger partial charge in [-0.25, -0.2) is 18.6 Å². The van der Waals surface area contributed by atoms with Crippen LogP contribution in [0.1, 0.15) is 27.9 Å². The Labute approximate surface area is 233 Å². The van der Waals surface area contributed by atoms with E-state index < -0.39 is 11.6 Å². The Morgan fingerprint density at radius 3 is 2.76 bits per heavy atom. The van der Waals surface area contributed by atoms with Crippen LogP contribution in [0.2, 0.25) is 0 Å². The van der Waals surface area contributed by atoms with Crippen LogP contribution in [0.25, 0.3) is 17.0 Å². The lowest BCUT2D eigenvalue weighted by atomic mass is 10.0. The molecule has 2 aromatic carbocycles. The highest BCUT2D eigenvalue weighted by Crippen LogP contribution is 2.31. The van der Waals surface area contributed by atoms with E-state index in [9.17, 15) is 18.8 Å². The predicted molar refractivity (Wildman–Crippen MR) is 148 cm³/mol. The zero-order chi connectivity index (χ0) is 25.9. The van der Waals surface area contributed by atoms with Gasteiger partial charge in [0.1, 0.15) is 4.60 Å². The summed E-state index contributed by atoms with van der Waals surface area (Å²) in [6.45, 7) is 2.30. The van der Waals surface area contributed by atoms with Gasteiger partial charge in [0, 0.05) is 49.9 Å². The van der Waals surface area contributed by atoms with Crippen LogP contribution in [-0.2, 0) is 19.5 Å². The van der Waals surface area contributed by atoms with Crippen molar-refractivity contribution in [1.29, 1.82) is 5.26 Å². The van der Waals surface area contributed by atoms with Crippen LogP contribution in [0.3, 0.4) is 0 Å². The smallest absolute Gasteiger partial charge is 0.326 e. The Hall–Kier alpha value is -3.58. The molecule has 1 N–H and O–H groups in total. The number of nitrogens with one attached hydrogen (secondary N) is 1. The second-order valence-corrected chi connectivity index (χ2v) is 9.62. The molecule has 1 aliphatic rings. The summed E-state index contributed by atoms with van der Waals surface area (Å²) in [5, 5.41) is 13.4. The van der Waals surface area contributed by atoms with Crippen LogP contribution in [0.4, 0.5) is 13.6 Å². The van der Waals surface area contributed by atoms with Crippen molar-refractivity contribution in [2.24, 2.45) is 0 Å². The number of aromatic nitrogens is 2. The van der Waals surface area contributed by atoms with Crippen molar-refractivity contribution in [2.75, 3.05) is 13.1 Å². The third kappa shape index (κ3) is 5.78. The number of carbonyl (C=O) groups is 1. The molecule has 0 fully saturated rings. The van der Waals surface area contributed by atoms with E-state index >= 15 is 0 Å². The van der Waals surface area contributed by atoms with Gasteiger partial charge in [-0.1, -0.05) is 24.3 Å². The van der Waals surface area contributed by atoms with Crippen molar-refractivity contribution in [1.82, 2.24) is 19.8 Å². The molecular weight excluding hydrogens is 576 g/mol. The molecule has 6 nitrogen and oxygen atoms in total. The first-order valence-electron chi connectivity index (χ1n) is 11.7. The van der Waals surface area contributed by atoms with Crippen molar-refractivity contribution in [3.63, 3.8) is 0 Å². The average molecular weight is 599 g/mol.